The number of pyridine rings is 1. The summed E-state index contributed by atoms with van der Waals surface area (Å²) in [6, 6.07) is 16.5. The Morgan fingerprint density at radius 1 is 0.967 bits per heavy atom. The van der Waals surface area contributed by atoms with Crippen LogP contribution in [-0.4, -0.2) is 69.2 Å². The van der Waals surface area contributed by atoms with Gasteiger partial charge >= 0.3 is 0 Å². The number of hydrogen-bond acceptors (Lipinski definition) is 8. The summed E-state index contributed by atoms with van der Waals surface area (Å²) >= 11 is 0. The van der Waals surface area contributed by atoms with Crippen molar-refractivity contribution < 1.29 is 44.3 Å². The summed E-state index contributed by atoms with van der Waals surface area (Å²) in [5.74, 6) is -8.64. The Morgan fingerprint density at radius 2 is 1.70 bits per heavy atom. The lowest BCUT2D eigenvalue weighted by molar-refractivity contribution is -0.123. The lowest BCUT2D eigenvalue weighted by Gasteiger charge is -2.26. The predicted molar refractivity (Wildman–Crippen MR) is 203 cm³/mol. The van der Waals surface area contributed by atoms with Crippen LogP contribution in [0.3, 0.4) is 0 Å². The molecule has 19 heteroatoms. The van der Waals surface area contributed by atoms with Gasteiger partial charge < -0.3 is 10.1 Å². The molecule has 1 aliphatic heterocycles. The average molecular weight is 850 g/mol. The number of sulfonamides is 1. The van der Waals surface area contributed by atoms with Crippen LogP contribution in [0.2, 0.25) is 0 Å². The lowest BCUT2D eigenvalue weighted by Crippen LogP contribution is -2.40. The minimum atomic E-state index is -3.97. The summed E-state index contributed by atoms with van der Waals surface area (Å²) in [4.78, 5) is 37.7. The number of rotatable bonds is 11. The van der Waals surface area contributed by atoms with Crippen molar-refractivity contribution in [2.24, 2.45) is 5.92 Å². The van der Waals surface area contributed by atoms with E-state index < -0.39 is 87.7 Å². The highest BCUT2D eigenvalue weighted by molar-refractivity contribution is 7.89. The molecule has 12 nitrogen and oxygen atoms in total. The van der Waals surface area contributed by atoms with Crippen molar-refractivity contribution in [2.45, 2.75) is 48.6 Å². The van der Waals surface area contributed by atoms with E-state index in [2.05, 4.69) is 15.4 Å². The van der Waals surface area contributed by atoms with Gasteiger partial charge in [0, 0.05) is 48.8 Å². The van der Waals surface area contributed by atoms with Crippen molar-refractivity contribution in [3.8, 4) is 16.9 Å². The van der Waals surface area contributed by atoms with Gasteiger partial charge in [0.2, 0.25) is 15.9 Å². The maximum atomic E-state index is 15.4. The summed E-state index contributed by atoms with van der Waals surface area (Å²) in [7, 11) is -3.97. The molecule has 1 saturated carbocycles. The highest BCUT2D eigenvalue weighted by atomic mass is 32.2. The van der Waals surface area contributed by atoms with E-state index in [1.54, 1.807) is 36.5 Å². The molecule has 310 valence electrons. The zero-order valence-electron chi connectivity index (χ0n) is 31.2. The Labute approximate surface area is 337 Å². The van der Waals surface area contributed by atoms with Gasteiger partial charge in [-0.2, -0.15) is 18.2 Å². The van der Waals surface area contributed by atoms with E-state index in [1.165, 1.54) is 34.6 Å². The Morgan fingerprint density at radius 3 is 2.38 bits per heavy atom. The number of carbonyl (C=O) groups excluding carboxylic acids is 1. The fourth-order valence-electron chi connectivity index (χ4n) is 8.21. The molecule has 60 heavy (non-hydrogen) atoms. The normalized spacial score (nSPS) is 19.0. The van der Waals surface area contributed by atoms with E-state index in [0.29, 0.717) is 22.0 Å². The third-order valence-corrected chi connectivity index (χ3v) is 12.9. The molecule has 9 rings (SSSR count). The number of halogens is 6. The van der Waals surface area contributed by atoms with Gasteiger partial charge in [-0.15, -0.1) is 0 Å². The number of fused-ring (bicyclic) bond motifs is 4. The van der Waals surface area contributed by atoms with E-state index >= 15 is 8.78 Å². The molecule has 1 amide bonds. The number of morpholine rings is 1. The second-order valence-corrected chi connectivity index (χ2v) is 16.8. The van der Waals surface area contributed by atoms with Gasteiger partial charge in [0.1, 0.15) is 35.4 Å². The van der Waals surface area contributed by atoms with Gasteiger partial charge in [0.25, 0.3) is 17.9 Å². The van der Waals surface area contributed by atoms with Crippen molar-refractivity contribution in [3.05, 3.63) is 135 Å². The topological polar surface area (TPSA) is 141 Å². The number of nitrogens with one attached hydrogen (secondary N) is 1. The summed E-state index contributed by atoms with van der Waals surface area (Å²) in [5.41, 5.74) is -1.24. The number of aromatic nitrogens is 5. The Bertz CT molecular complexity index is 2810. The highest BCUT2D eigenvalue weighted by Gasteiger charge is 2.67. The molecule has 0 bridgehead atoms. The molecule has 0 unspecified atom stereocenters. The van der Waals surface area contributed by atoms with Crippen LogP contribution in [0.1, 0.15) is 53.1 Å². The van der Waals surface area contributed by atoms with E-state index in [9.17, 15) is 35.6 Å². The van der Waals surface area contributed by atoms with Crippen molar-refractivity contribution >= 4 is 26.8 Å². The maximum absolute atomic E-state index is 15.4. The van der Waals surface area contributed by atoms with Gasteiger partial charge in [-0.1, -0.05) is 12.1 Å². The molecule has 1 N–H and O–H groups in total. The number of nitrogens with zero attached hydrogens (tertiary/aromatic N) is 6. The zero-order chi connectivity index (χ0) is 42.1. The Balaban J connectivity index is 1.17. The Hall–Kier alpha value is -5.92. The van der Waals surface area contributed by atoms with Gasteiger partial charge in [-0.05, 0) is 78.6 Å². The van der Waals surface area contributed by atoms with Crippen LogP contribution in [-0.2, 0) is 38.4 Å². The minimum Gasteiger partial charge on any atom is -0.379 e. The standard InChI is InChI=1S/C41H33F6N7O5S/c42-24-15-22(16-25(43)19-24)17-33(49-34(55)21-53-37-35(36(51-53)38(44)45)29-20-30(29)41(37,46)47)39-50-32-18-23(31-3-1-2-10-48-31)4-9-28(32)40(56)54(39)26-5-7-27(8-6-26)60(57,58)52-11-13-59-14-12-52/h1-10,15-16,18-19,29-30,33,38H,11-14,17,20-21H2,(H,49,55)/t29-,30+,33+/m1/s1. The van der Waals surface area contributed by atoms with Crippen LogP contribution in [0.25, 0.3) is 27.8 Å². The molecule has 2 aliphatic carbocycles. The van der Waals surface area contributed by atoms with Crippen molar-refractivity contribution in [3.63, 3.8) is 0 Å². The molecular formula is C41H33F6N7O5S. The van der Waals surface area contributed by atoms with Crippen LogP contribution < -0.4 is 10.9 Å². The summed E-state index contributed by atoms with van der Waals surface area (Å²) in [6.07, 6.45) is -2.02. The molecule has 1 saturated heterocycles. The first-order valence-corrected chi connectivity index (χ1v) is 20.3. The number of benzene rings is 3. The minimum absolute atomic E-state index is 0.000488. The smallest absolute Gasteiger partial charge is 0.293 e. The highest BCUT2D eigenvalue weighted by Crippen LogP contribution is 2.68. The monoisotopic (exact) mass is 849 g/mol. The largest absolute Gasteiger partial charge is 0.379 e. The molecule has 3 aromatic heterocycles. The van der Waals surface area contributed by atoms with Crippen molar-refractivity contribution in [1.82, 2.24) is 33.9 Å². The third kappa shape index (κ3) is 7.02. The quantitative estimate of drug-likeness (QED) is 0.152. The van der Waals surface area contributed by atoms with Crippen LogP contribution >= 0.6 is 0 Å². The molecule has 4 heterocycles. The zero-order valence-corrected chi connectivity index (χ0v) is 32.1. The van der Waals surface area contributed by atoms with Crippen molar-refractivity contribution in [1.29, 1.82) is 0 Å². The average Bonchev–Trinajstić information content (AvgIpc) is 3.89. The molecule has 3 atom stereocenters. The summed E-state index contributed by atoms with van der Waals surface area (Å²) in [5, 5.41) is 6.49. The first kappa shape index (κ1) is 39.5. The van der Waals surface area contributed by atoms with Crippen LogP contribution in [0.4, 0.5) is 26.3 Å². The summed E-state index contributed by atoms with van der Waals surface area (Å²) < 4.78 is 123. The molecular weight excluding hydrogens is 817 g/mol. The molecule has 6 aromatic rings. The molecule has 3 aromatic carbocycles. The second-order valence-electron chi connectivity index (χ2n) is 14.8. The molecule has 0 radical (unpaired) electrons. The van der Waals surface area contributed by atoms with Gasteiger partial charge in [-0.3, -0.25) is 23.8 Å². The number of carbonyl (C=O) groups is 1. The van der Waals surface area contributed by atoms with E-state index in [-0.39, 0.29) is 71.2 Å². The Kier molecular flexibility index (Phi) is 9.86. The second kappa shape index (κ2) is 15.0. The number of amides is 1. The lowest BCUT2D eigenvalue weighted by atomic mass is 10.0. The van der Waals surface area contributed by atoms with Gasteiger partial charge in [0.15, 0.2) is 0 Å². The first-order valence-electron chi connectivity index (χ1n) is 18.9. The van der Waals surface area contributed by atoms with Crippen LogP contribution in [0.15, 0.2) is 94.7 Å². The fraction of sp³-hybridized carbons (Fsp3) is 0.293. The molecule has 3 aliphatic rings. The number of ether oxygens (including phenoxy) is 1. The van der Waals surface area contributed by atoms with Crippen molar-refractivity contribution in [2.75, 3.05) is 26.3 Å². The van der Waals surface area contributed by atoms with E-state index in [4.69, 9.17) is 9.72 Å². The van der Waals surface area contributed by atoms with Gasteiger partial charge in [-0.25, -0.2) is 31.0 Å². The van der Waals surface area contributed by atoms with Gasteiger partial charge in [0.05, 0.1) is 46.4 Å². The number of hydrogen-bond donors (Lipinski definition) is 1. The maximum Gasteiger partial charge on any atom is 0.293 e. The number of alkyl halides is 4. The molecule has 2 fully saturated rings. The molecule has 0 spiro atoms. The first-order chi connectivity index (χ1) is 28.7. The summed E-state index contributed by atoms with van der Waals surface area (Å²) in [6.45, 7) is -0.261. The van der Waals surface area contributed by atoms with E-state index in [1.807, 2.05) is 0 Å². The third-order valence-electron chi connectivity index (χ3n) is 11.0. The SMILES string of the molecule is O=C(Cn1nc(C(F)F)c2c1C(F)(F)[C@H]1C[C@@H]21)N[C@@H](Cc1cc(F)cc(F)c1)c1nc2cc(-c3ccccn3)ccc2c(=O)n1-c1ccc(S(=O)(=O)N2CCOCC2)cc1. The van der Waals surface area contributed by atoms with E-state index in [0.717, 1.165) is 16.7 Å². The van der Waals surface area contributed by atoms with Crippen LogP contribution in [0.5, 0.6) is 0 Å². The fourth-order valence-corrected chi connectivity index (χ4v) is 9.61. The predicted octanol–water partition coefficient (Wildman–Crippen LogP) is 6.19. The van der Waals surface area contributed by atoms with Crippen LogP contribution in [0, 0.1) is 17.6 Å².